The van der Waals surface area contributed by atoms with Crippen molar-refractivity contribution in [2.75, 3.05) is 25.2 Å². The summed E-state index contributed by atoms with van der Waals surface area (Å²) in [5, 5.41) is 3.87. The lowest BCUT2D eigenvalue weighted by Gasteiger charge is -2.09. The topological polar surface area (TPSA) is 56.3 Å². The normalized spacial score (nSPS) is 10.2. The first-order valence-electron chi connectivity index (χ1n) is 6.67. The molecule has 0 saturated heterocycles. The lowest BCUT2D eigenvalue weighted by atomic mass is 10.2. The van der Waals surface area contributed by atoms with E-state index in [-0.39, 0.29) is 0 Å². The molecule has 0 amide bonds. The largest absolute Gasteiger partial charge is 0.497 e. The van der Waals surface area contributed by atoms with Crippen molar-refractivity contribution in [3.05, 3.63) is 35.9 Å². The van der Waals surface area contributed by atoms with Crippen LogP contribution in [0, 0.1) is 0 Å². The molecule has 0 unspecified atom stereocenters. The van der Waals surface area contributed by atoms with Crippen LogP contribution in [0.3, 0.4) is 0 Å². The predicted molar refractivity (Wildman–Crippen MR) is 85.3 cm³/mol. The second-order valence-corrected chi connectivity index (χ2v) is 5.02. The van der Waals surface area contributed by atoms with Gasteiger partial charge in [0.15, 0.2) is 5.16 Å². The number of methoxy groups -OCH3 is 1. The maximum Gasteiger partial charge on any atom is 0.219 e. The van der Waals surface area contributed by atoms with Crippen LogP contribution < -0.4 is 14.8 Å². The first-order chi connectivity index (χ1) is 10.2. The van der Waals surface area contributed by atoms with Crippen LogP contribution in [0.25, 0.3) is 0 Å². The van der Waals surface area contributed by atoms with Crippen LogP contribution >= 0.6 is 11.8 Å². The van der Waals surface area contributed by atoms with E-state index in [0.717, 1.165) is 23.7 Å². The average molecular weight is 305 g/mol. The van der Waals surface area contributed by atoms with Gasteiger partial charge in [-0.3, -0.25) is 0 Å². The molecule has 0 spiro atoms. The summed E-state index contributed by atoms with van der Waals surface area (Å²) >= 11 is 1.49. The molecule has 0 aliphatic rings. The quantitative estimate of drug-likeness (QED) is 0.626. The average Bonchev–Trinajstić information content (AvgIpc) is 2.53. The highest BCUT2D eigenvalue weighted by atomic mass is 32.2. The Balaban J connectivity index is 2.05. The molecular formula is C15H19N3O2S. The molecule has 112 valence electrons. The van der Waals surface area contributed by atoms with Crippen LogP contribution in [0.1, 0.15) is 12.5 Å². The molecule has 6 heteroatoms. The number of nitrogens with zero attached hydrogens (tertiary/aromatic N) is 2. The summed E-state index contributed by atoms with van der Waals surface area (Å²) in [6.45, 7) is 3.29. The molecule has 0 fully saturated rings. The lowest BCUT2D eigenvalue weighted by molar-refractivity contribution is 0.290. The molecule has 0 radical (unpaired) electrons. The van der Waals surface area contributed by atoms with Crippen LogP contribution in [0.5, 0.6) is 11.6 Å². The van der Waals surface area contributed by atoms with Crippen LogP contribution in [0.2, 0.25) is 0 Å². The van der Waals surface area contributed by atoms with E-state index in [0.29, 0.717) is 17.6 Å². The van der Waals surface area contributed by atoms with E-state index < -0.39 is 0 Å². The molecule has 5 nitrogen and oxygen atoms in total. The molecule has 21 heavy (non-hydrogen) atoms. The highest BCUT2D eigenvalue weighted by molar-refractivity contribution is 7.98. The van der Waals surface area contributed by atoms with Crippen LogP contribution in [0.15, 0.2) is 35.5 Å². The fraction of sp³-hybridized carbons (Fsp3) is 0.333. The summed E-state index contributed by atoms with van der Waals surface area (Å²) in [4.78, 5) is 8.71. The second kappa shape index (κ2) is 7.73. The van der Waals surface area contributed by atoms with E-state index >= 15 is 0 Å². The summed E-state index contributed by atoms with van der Waals surface area (Å²) in [6.07, 6.45) is 1.94. The molecule has 1 heterocycles. The summed E-state index contributed by atoms with van der Waals surface area (Å²) < 4.78 is 10.9. The Morgan fingerprint density at radius 2 is 1.95 bits per heavy atom. The first kappa shape index (κ1) is 15.4. The summed E-state index contributed by atoms with van der Waals surface area (Å²) in [7, 11) is 1.65. The van der Waals surface area contributed by atoms with Crippen molar-refractivity contribution in [3.63, 3.8) is 0 Å². The number of hydrogen-bond donors (Lipinski definition) is 1. The number of nitrogens with one attached hydrogen (secondary N) is 1. The predicted octanol–water partition coefficient (Wildman–Crippen LogP) is 3.22. The van der Waals surface area contributed by atoms with E-state index in [1.54, 1.807) is 7.11 Å². The fourth-order valence-electron chi connectivity index (χ4n) is 1.72. The van der Waals surface area contributed by atoms with Gasteiger partial charge in [-0.2, -0.15) is 4.98 Å². The van der Waals surface area contributed by atoms with Crippen molar-refractivity contribution in [1.29, 1.82) is 0 Å². The number of benzene rings is 1. The summed E-state index contributed by atoms with van der Waals surface area (Å²) in [6, 6.07) is 9.58. The minimum absolute atomic E-state index is 0.459. The molecule has 2 aromatic rings. The standard InChI is InChI=1S/C15H19N3O2S/c1-4-16-13-9-14(18-15(17-13)21-3)20-10-11-5-7-12(19-2)8-6-11/h5-9H,4,10H2,1-3H3,(H,16,17,18). The van der Waals surface area contributed by atoms with Gasteiger partial charge in [-0.25, -0.2) is 4.98 Å². The maximum absolute atomic E-state index is 5.75. The van der Waals surface area contributed by atoms with E-state index in [2.05, 4.69) is 15.3 Å². The molecule has 2 rings (SSSR count). The Hall–Kier alpha value is -1.95. The molecule has 1 aromatic heterocycles. The molecule has 0 aliphatic carbocycles. The number of rotatable bonds is 7. The van der Waals surface area contributed by atoms with Gasteiger partial charge in [-0.15, -0.1) is 0 Å². The zero-order valence-corrected chi connectivity index (χ0v) is 13.2. The number of anilines is 1. The molecule has 0 bridgehead atoms. The van der Waals surface area contributed by atoms with Crippen molar-refractivity contribution in [1.82, 2.24) is 9.97 Å². The Labute approximate surface area is 129 Å². The molecule has 0 aliphatic heterocycles. The summed E-state index contributed by atoms with van der Waals surface area (Å²) in [5.41, 5.74) is 1.06. The van der Waals surface area contributed by atoms with Crippen LogP contribution in [-0.4, -0.2) is 29.9 Å². The minimum Gasteiger partial charge on any atom is -0.497 e. The van der Waals surface area contributed by atoms with Gasteiger partial charge in [0.25, 0.3) is 0 Å². The highest BCUT2D eigenvalue weighted by Gasteiger charge is 2.05. The SMILES string of the molecule is CCNc1cc(OCc2ccc(OC)cc2)nc(SC)n1. The third kappa shape index (κ3) is 4.53. The van der Waals surface area contributed by atoms with Crippen LogP contribution in [-0.2, 0) is 6.61 Å². The monoisotopic (exact) mass is 305 g/mol. The molecule has 1 N–H and O–H groups in total. The van der Waals surface area contributed by atoms with Gasteiger partial charge in [0, 0.05) is 12.6 Å². The second-order valence-electron chi connectivity index (χ2n) is 4.25. The smallest absolute Gasteiger partial charge is 0.219 e. The van der Waals surface area contributed by atoms with Crippen LogP contribution in [0.4, 0.5) is 5.82 Å². The van der Waals surface area contributed by atoms with Gasteiger partial charge in [-0.05, 0) is 30.9 Å². The van der Waals surface area contributed by atoms with E-state index in [1.807, 2.05) is 43.5 Å². The Bertz CT molecular complexity index is 576. The number of aromatic nitrogens is 2. The van der Waals surface area contributed by atoms with Gasteiger partial charge in [0.2, 0.25) is 5.88 Å². The Morgan fingerprint density at radius 3 is 2.57 bits per heavy atom. The molecule has 1 aromatic carbocycles. The number of ether oxygens (including phenoxy) is 2. The maximum atomic E-state index is 5.75. The van der Waals surface area contributed by atoms with Crippen molar-refractivity contribution < 1.29 is 9.47 Å². The van der Waals surface area contributed by atoms with Gasteiger partial charge in [-0.1, -0.05) is 23.9 Å². The minimum atomic E-state index is 0.459. The fourth-order valence-corrected chi connectivity index (χ4v) is 2.09. The van der Waals surface area contributed by atoms with E-state index in [4.69, 9.17) is 9.47 Å². The molecular weight excluding hydrogens is 286 g/mol. The zero-order valence-electron chi connectivity index (χ0n) is 12.4. The Kier molecular flexibility index (Phi) is 5.68. The molecule has 0 atom stereocenters. The van der Waals surface area contributed by atoms with Crippen molar-refractivity contribution >= 4 is 17.6 Å². The third-order valence-electron chi connectivity index (χ3n) is 2.77. The highest BCUT2D eigenvalue weighted by Crippen LogP contribution is 2.20. The van der Waals surface area contributed by atoms with Gasteiger partial charge >= 0.3 is 0 Å². The Morgan fingerprint density at radius 1 is 1.19 bits per heavy atom. The van der Waals surface area contributed by atoms with Gasteiger partial charge in [0.05, 0.1) is 7.11 Å². The van der Waals surface area contributed by atoms with Crippen molar-refractivity contribution in [2.24, 2.45) is 0 Å². The number of hydrogen-bond acceptors (Lipinski definition) is 6. The number of thioether (sulfide) groups is 1. The van der Waals surface area contributed by atoms with Crippen molar-refractivity contribution in [2.45, 2.75) is 18.7 Å². The van der Waals surface area contributed by atoms with Gasteiger partial charge < -0.3 is 14.8 Å². The third-order valence-corrected chi connectivity index (χ3v) is 3.32. The lowest BCUT2D eigenvalue weighted by Crippen LogP contribution is -2.04. The van der Waals surface area contributed by atoms with Gasteiger partial charge in [0.1, 0.15) is 18.2 Å². The van der Waals surface area contributed by atoms with Crippen molar-refractivity contribution in [3.8, 4) is 11.6 Å². The first-order valence-corrected chi connectivity index (χ1v) is 7.90. The molecule has 0 saturated carbocycles. The summed E-state index contributed by atoms with van der Waals surface area (Å²) in [5.74, 6) is 2.18. The zero-order chi connectivity index (χ0) is 15.1. The van der Waals surface area contributed by atoms with E-state index in [1.165, 1.54) is 11.8 Å². The van der Waals surface area contributed by atoms with E-state index in [9.17, 15) is 0 Å².